The Kier molecular flexibility index (Phi) is 5.52. The Hall–Kier alpha value is -3.21. The van der Waals surface area contributed by atoms with Crippen LogP contribution in [0.25, 0.3) is 10.3 Å². The molecule has 0 bridgehead atoms. The maximum Gasteiger partial charge on any atom is 0.416 e. The molecule has 1 atom stereocenters. The number of aryl methyl sites for hydroxylation is 1. The van der Waals surface area contributed by atoms with E-state index in [1.165, 1.54) is 34.4 Å². The Morgan fingerprint density at radius 3 is 2.77 bits per heavy atom. The lowest BCUT2D eigenvalue weighted by molar-refractivity contribution is -0.139. The van der Waals surface area contributed by atoms with Gasteiger partial charge in [0.25, 0.3) is 0 Å². The molecule has 1 aromatic carbocycles. The van der Waals surface area contributed by atoms with Crippen molar-refractivity contribution in [3.63, 3.8) is 0 Å². The molecule has 3 aromatic rings. The van der Waals surface area contributed by atoms with Crippen LogP contribution in [0.15, 0.2) is 36.4 Å². The summed E-state index contributed by atoms with van der Waals surface area (Å²) in [5.74, 6) is -0.318. The minimum atomic E-state index is -4.50. The van der Waals surface area contributed by atoms with Crippen LogP contribution < -0.4 is 10.6 Å². The molecule has 162 valence electrons. The molecule has 0 saturated carbocycles. The molecule has 31 heavy (non-hydrogen) atoms. The third-order valence-electron chi connectivity index (χ3n) is 4.85. The van der Waals surface area contributed by atoms with E-state index < -0.39 is 23.8 Å². The predicted molar refractivity (Wildman–Crippen MR) is 110 cm³/mol. The molecule has 1 fully saturated rings. The van der Waals surface area contributed by atoms with Crippen molar-refractivity contribution in [2.24, 2.45) is 0 Å². The van der Waals surface area contributed by atoms with Gasteiger partial charge in [0.15, 0.2) is 5.13 Å². The van der Waals surface area contributed by atoms with Crippen molar-refractivity contribution in [3.8, 4) is 0 Å². The third kappa shape index (κ3) is 4.76. The first-order valence-corrected chi connectivity index (χ1v) is 10.3. The van der Waals surface area contributed by atoms with Gasteiger partial charge in [0.1, 0.15) is 10.3 Å². The summed E-state index contributed by atoms with van der Waals surface area (Å²) in [6, 6.07) is 7.74. The highest BCUT2D eigenvalue weighted by atomic mass is 32.1. The molecular weight excluding hydrogens is 431 g/mol. The van der Waals surface area contributed by atoms with Crippen LogP contribution in [0, 0.1) is 6.92 Å². The molecular formula is C20H18F3N5O2S. The van der Waals surface area contributed by atoms with Crippen LogP contribution in [0.1, 0.15) is 23.2 Å². The van der Waals surface area contributed by atoms with Crippen molar-refractivity contribution in [2.45, 2.75) is 32.1 Å². The number of nitrogens with zero attached hydrogens (tertiary/aromatic N) is 3. The Morgan fingerprint density at radius 2 is 2.00 bits per heavy atom. The number of fused-ring (bicyclic) bond motifs is 1. The molecule has 0 aliphatic carbocycles. The van der Waals surface area contributed by atoms with Crippen molar-refractivity contribution in [1.82, 2.24) is 20.2 Å². The Morgan fingerprint density at radius 1 is 1.23 bits per heavy atom. The average molecular weight is 449 g/mol. The molecule has 1 unspecified atom stereocenters. The molecule has 0 spiro atoms. The summed E-state index contributed by atoms with van der Waals surface area (Å²) < 4.78 is 39.6. The maximum absolute atomic E-state index is 13.2. The maximum atomic E-state index is 13.2. The molecule has 7 nitrogen and oxygen atoms in total. The number of benzene rings is 1. The van der Waals surface area contributed by atoms with Gasteiger partial charge in [0, 0.05) is 25.2 Å². The number of amides is 3. The van der Waals surface area contributed by atoms with Gasteiger partial charge in [-0.15, -0.1) is 0 Å². The van der Waals surface area contributed by atoms with E-state index in [2.05, 4.69) is 20.6 Å². The van der Waals surface area contributed by atoms with Crippen molar-refractivity contribution >= 4 is 38.8 Å². The van der Waals surface area contributed by atoms with Gasteiger partial charge in [-0.25, -0.2) is 14.8 Å². The van der Waals surface area contributed by atoms with Crippen LogP contribution in [0.3, 0.4) is 0 Å². The number of anilines is 1. The Labute approximate surface area is 179 Å². The van der Waals surface area contributed by atoms with E-state index in [0.29, 0.717) is 15.5 Å². The zero-order chi connectivity index (χ0) is 22.2. The standard InChI is InChI=1S/C20H18F3N5O2S/c1-11-6-7-15-17(24-11)31-19(26-15)27-18(30)25-13-8-16(29)28(10-13)9-12-4-2-3-5-14(12)20(21,22)23/h2-7,13H,8-10H2,1H3,(H2,25,26,27,30). The number of aromatic nitrogens is 2. The molecule has 1 aliphatic heterocycles. The van der Waals surface area contributed by atoms with E-state index in [4.69, 9.17) is 0 Å². The van der Waals surface area contributed by atoms with Crippen LogP contribution in [0.2, 0.25) is 0 Å². The second-order valence-electron chi connectivity index (χ2n) is 7.22. The van der Waals surface area contributed by atoms with E-state index in [0.717, 1.165) is 11.8 Å². The highest BCUT2D eigenvalue weighted by molar-refractivity contribution is 7.21. The fourth-order valence-electron chi connectivity index (χ4n) is 3.44. The van der Waals surface area contributed by atoms with Gasteiger partial charge in [0.2, 0.25) is 5.91 Å². The number of thiazole rings is 1. The van der Waals surface area contributed by atoms with Crippen molar-refractivity contribution < 1.29 is 22.8 Å². The van der Waals surface area contributed by atoms with Crippen molar-refractivity contribution in [2.75, 3.05) is 11.9 Å². The molecule has 2 N–H and O–H groups in total. The van der Waals surface area contributed by atoms with Crippen LogP contribution in [-0.4, -0.2) is 39.4 Å². The Balaban J connectivity index is 1.37. The first-order valence-electron chi connectivity index (χ1n) is 9.43. The summed E-state index contributed by atoms with van der Waals surface area (Å²) in [5.41, 5.74) is 0.752. The largest absolute Gasteiger partial charge is 0.416 e. The van der Waals surface area contributed by atoms with Crippen LogP contribution in [0.4, 0.5) is 23.1 Å². The third-order valence-corrected chi connectivity index (χ3v) is 5.73. The lowest BCUT2D eigenvalue weighted by Gasteiger charge is -2.20. The molecule has 0 radical (unpaired) electrons. The summed E-state index contributed by atoms with van der Waals surface area (Å²) in [7, 11) is 0. The fraction of sp³-hybridized carbons (Fsp3) is 0.300. The molecule has 2 aromatic heterocycles. The lowest BCUT2D eigenvalue weighted by Crippen LogP contribution is -2.39. The van der Waals surface area contributed by atoms with Gasteiger partial charge in [0.05, 0.1) is 11.6 Å². The summed E-state index contributed by atoms with van der Waals surface area (Å²) >= 11 is 1.23. The number of pyridine rings is 1. The monoisotopic (exact) mass is 449 g/mol. The molecule has 11 heteroatoms. The zero-order valence-electron chi connectivity index (χ0n) is 16.4. The highest BCUT2D eigenvalue weighted by Gasteiger charge is 2.36. The van der Waals surface area contributed by atoms with Gasteiger partial charge < -0.3 is 10.2 Å². The van der Waals surface area contributed by atoms with E-state index in [1.54, 1.807) is 0 Å². The summed E-state index contributed by atoms with van der Waals surface area (Å²) in [4.78, 5) is 35.3. The molecule has 3 heterocycles. The van der Waals surface area contributed by atoms with Crippen LogP contribution in [0.5, 0.6) is 0 Å². The summed E-state index contributed by atoms with van der Waals surface area (Å²) in [6.45, 7) is 1.81. The number of nitrogens with one attached hydrogen (secondary N) is 2. The minimum Gasteiger partial charge on any atom is -0.336 e. The van der Waals surface area contributed by atoms with Gasteiger partial charge in [-0.3, -0.25) is 10.1 Å². The number of carbonyl (C=O) groups excluding carboxylic acids is 2. The average Bonchev–Trinajstić information content (AvgIpc) is 3.23. The number of hydrogen-bond donors (Lipinski definition) is 2. The SMILES string of the molecule is Cc1ccc2nc(NC(=O)NC3CC(=O)N(Cc4ccccc4C(F)(F)F)C3)sc2n1. The number of halogens is 3. The molecule has 1 saturated heterocycles. The van der Waals surface area contributed by atoms with Crippen molar-refractivity contribution in [3.05, 3.63) is 53.2 Å². The molecule has 3 amide bonds. The first-order chi connectivity index (χ1) is 14.7. The smallest absolute Gasteiger partial charge is 0.336 e. The fourth-order valence-corrected chi connectivity index (χ4v) is 4.32. The summed E-state index contributed by atoms with van der Waals surface area (Å²) in [5, 5.41) is 5.68. The van der Waals surface area contributed by atoms with E-state index in [1.807, 2.05) is 19.1 Å². The van der Waals surface area contributed by atoms with Gasteiger partial charge in [-0.05, 0) is 30.7 Å². The topological polar surface area (TPSA) is 87.2 Å². The number of urea groups is 1. The molecule has 1 aliphatic rings. The van der Waals surface area contributed by atoms with E-state index >= 15 is 0 Å². The summed E-state index contributed by atoms with van der Waals surface area (Å²) in [6.07, 6.45) is -4.48. The number of alkyl halides is 3. The number of carbonyl (C=O) groups is 2. The Bertz CT molecular complexity index is 1150. The number of likely N-dealkylation sites (tertiary alicyclic amines) is 1. The highest BCUT2D eigenvalue weighted by Crippen LogP contribution is 2.33. The number of rotatable bonds is 4. The quantitative estimate of drug-likeness (QED) is 0.632. The van der Waals surface area contributed by atoms with E-state index in [-0.39, 0.29) is 31.0 Å². The zero-order valence-corrected chi connectivity index (χ0v) is 17.2. The first kappa shape index (κ1) is 21.0. The second kappa shape index (κ2) is 8.14. The van der Waals surface area contributed by atoms with Gasteiger partial charge in [-0.1, -0.05) is 29.5 Å². The van der Waals surface area contributed by atoms with Gasteiger partial charge in [-0.2, -0.15) is 13.2 Å². The van der Waals surface area contributed by atoms with Crippen LogP contribution in [-0.2, 0) is 17.5 Å². The van der Waals surface area contributed by atoms with Crippen molar-refractivity contribution in [1.29, 1.82) is 0 Å². The predicted octanol–water partition coefficient (Wildman–Crippen LogP) is 3.94. The molecule has 4 rings (SSSR count). The van der Waals surface area contributed by atoms with Crippen LogP contribution >= 0.6 is 11.3 Å². The lowest BCUT2D eigenvalue weighted by atomic mass is 10.1. The number of hydrogen-bond acceptors (Lipinski definition) is 5. The van der Waals surface area contributed by atoms with Gasteiger partial charge >= 0.3 is 12.2 Å². The minimum absolute atomic E-state index is 0.0161. The normalized spacial score (nSPS) is 16.7. The second-order valence-corrected chi connectivity index (χ2v) is 8.20. The van der Waals surface area contributed by atoms with E-state index in [9.17, 15) is 22.8 Å².